The van der Waals surface area contributed by atoms with Crippen molar-refractivity contribution in [2.24, 2.45) is 0 Å². The molecule has 0 aliphatic carbocycles. The third-order valence-electron chi connectivity index (χ3n) is 8.80. The first-order chi connectivity index (χ1) is 27.6. The monoisotopic (exact) mass is 789 g/mol. The second-order valence-corrected chi connectivity index (χ2v) is 14.6. The Bertz CT molecular complexity index is 2660. The largest absolute Gasteiger partial charge is 0.497 e. The molecule has 0 saturated heterocycles. The van der Waals surface area contributed by atoms with Gasteiger partial charge in [0.1, 0.15) is 29.0 Å². The van der Waals surface area contributed by atoms with Crippen LogP contribution in [0.25, 0.3) is 28.1 Å². The lowest BCUT2D eigenvalue weighted by Crippen LogP contribution is -2.17. The molecule has 4 aromatic heterocycles. The number of nitrogens with one attached hydrogen (secondary N) is 2. The van der Waals surface area contributed by atoms with Crippen molar-refractivity contribution in [3.8, 4) is 46.1 Å². The number of carbonyl (C=O) groups excluding carboxylic acids is 1. The molecule has 16 heteroatoms. The first kappa shape index (κ1) is 38.2. The summed E-state index contributed by atoms with van der Waals surface area (Å²) in [5, 5.41) is 6.10. The molecule has 0 radical (unpaired) electrons. The third kappa shape index (κ3) is 8.60. The maximum Gasteiger partial charge on any atom is 0.225 e. The summed E-state index contributed by atoms with van der Waals surface area (Å²) in [5.74, 6) is 0.247. The van der Waals surface area contributed by atoms with E-state index in [9.17, 15) is 13.2 Å². The molecule has 1 amide bonds. The number of ether oxygens (including phenoxy) is 4. The van der Waals surface area contributed by atoms with E-state index in [2.05, 4.69) is 30.6 Å². The summed E-state index contributed by atoms with van der Waals surface area (Å²) in [5.41, 5.74) is 3.45. The Morgan fingerprint density at radius 1 is 0.807 bits per heavy atom. The predicted octanol–water partition coefficient (Wildman–Crippen LogP) is 7.25. The second-order valence-electron chi connectivity index (χ2n) is 12.5. The molecule has 0 aliphatic heterocycles. The van der Waals surface area contributed by atoms with Crippen molar-refractivity contribution in [1.82, 2.24) is 24.5 Å². The summed E-state index contributed by atoms with van der Waals surface area (Å²) in [6.45, 7) is 0.397. The highest BCUT2D eigenvalue weighted by Crippen LogP contribution is 2.39. The summed E-state index contributed by atoms with van der Waals surface area (Å²) in [4.78, 5) is 31.0. The third-order valence-corrected chi connectivity index (χ3v) is 10.5. The van der Waals surface area contributed by atoms with Gasteiger partial charge in [-0.1, -0.05) is 36.4 Å². The smallest absolute Gasteiger partial charge is 0.225 e. The summed E-state index contributed by atoms with van der Waals surface area (Å²) < 4.78 is 65.2. The topological polar surface area (TPSA) is 169 Å². The SMILES string of the molecule is COc1ccc(CNc2ncnc3cc(-c4ncc(NC(=O)CCS(=O)(=O)c5ccccc5)cc4OC)n(-c4ccc(Oc5cccc(OC)n5)c(F)c4)c23)cc1. The lowest BCUT2D eigenvalue weighted by atomic mass is 10.2. The molecule has 2 N–H and O–H groups in total. The minimum atomic E-state index is -3.67. The van der Waals surface area contributed by atoms with E-state index in [1.54, 1.807) is 66.3 Å². The van der Waals surface area contributed by atoms with Crippen LogP contribution in [0.1, 0.15) is 12.0 Å². The number of carbonyl (C=O) groups is 1. The van der Waals surface area contributed by atoms with Crippen molar-refractivity contribution < 1.29 is 36.6 Å². The molecule has 0 atom stereocenters. The summed E-state index contributed by atoms with van der Waals surface area (Å²) in [7, 11) is 0.858. The fraction of sp³-hybridized carbons (Fsp3) is 0.146. The molecule has 0 saturated carbocycles. The normalized spacial score (nSPS) is 11.2. The maximum atomic E-state index is 16.0. The average molecular weight is 790 g/mol. The number of rotatable bonds is 15. The fourth-order valence-electron chi connectivity index (χ4n) is 5.98. The van der Waals surface area contributed by atoms with Crippen LogP contribution in [-0.4, -0.2) is 65.9 Å². The molecule has 4 heterocycles. The standard InChI is InChI=1S/C41H36FN7O7S/c1-53-29-15-12-26(13-16-29)23-44-41-40-32(45-25-46-41)22-33(49(40)28-14-17-34(31(42)21-28)56-38-11-7-10-37(48-38)55-3)39-35(54-2)20-27(24-43-39)47-36(50)18-19-57(51,52)30-8-5-4-6-9-30/h4-17,20-22,24-25H,18-19,23H2,1-3H3,(H,47,50)(H,44,45,46). The Morgan fingerprint density at radius 3 is 2.33 bits per heavy atom. The van der Waals surface area contributed by atoms with Crippen molar-refractivity contribution in [2.75, 3.05) is 37.7 Å². The van der Waals surface area contributed by atoms with Gasteiger partial charge < -0.3 is 34.1 Å². The molecule has 57 heavy (non-hydrogen) atoms. The van der Waals surface area contributed by atoms with Crippen molar-refractivity contribution >= 4 is 38.3 Å². The Labute approximate surface area is 327 Å². The first-order valence-electron chi connectivity index (χ1n) is 17.5. The number of aromatic nitrogens is 5. The molecule has 7 aromatic rings. The molecule has 0 fully saturated rings. The molecule has 0 bridgehead atoms. The molecule has 0 aliphatic rings. The molecule has 0 spiro atoms. The lowest BCUT2D eigenvalue weighted by Gasteiger charge is -2.16. The number of sulfone groups is 1. The van der Waals surface area contributed by atoms with E-state index in [0.717, 1.165) is 11.3 Å². The Balaban J connectivity index is 1.24. The number of pyridine rings is 2. The Morgan fingerprint density at radius 2 is 1.60 bits per heavy atom. The van der Waals surface area contributed by atoms with Crippen LogP contribution >= 0.6 is 0 Å². The van der Waals surface area contributed by atoms with E-state index in [-0.39, 0.29) is 40.1 Å². The predicted molar refractivity (Wildman–Crippen MR) is 212 cm³/mol. The van der Waals surface area contributed by atoms with Crippen LogP contribution in [0.2, 0.25) is 0 Å². The van der Waals surface area contributed by atoms with E-state index in [1.807, 2.05) is 24.3 Å². The first-order valence-corrected chi connectivity index (χ1v) is 19.1. The van der Waals surface area contributed by atoms with Gasteiger partial charge in [-0.15, -0.1) is 0 Å². The van der Waals surface area contributed by atoms with Gasteiger partial charge in [0.15, 0.2) is 27.2 Å². The number of methoxy groups -OCH3 is 3. The number of amides is 1. The summed E-state index contributed by atoms with van der Waals surface area (Å²) >= 11 is 0. The number of benzene rings is 3. The van der Waals surface area contributed by atoms with Crippen molar-refractivity contribution in [3.05, 3.63) is 127 Å². The van der Waals surface area contributed by atoms with Gasteiger partial charge in [-0.3, -0.25) is 4.79 Å². The molecular weight excluding hydrogens is 754 g/mol. The summed E-state index contributed by atoms with van der Waals surface area (Å²) in [6, 6.07) is 28.2. The number of nitrogens with zero attached hydrogens (tertiary/aromatic N) is 5. The minimum absolute atomic E-state index is 0.0704. The van der Waals surface area contributed by atoms with Crippen molar-refractivity contribution in [3.63, 3.8) is 0 Å². The van der Waals surface area contributed by atoms with Crippen LogP contribution in [0.3, 0.4) is 0 Å². The summed E-state index contributed by atoms with van der Waals surface area (Å²) in [6.07, 6.45) is 2.57. The Kier molecular flexibility index (Phi) is 11.2. The van der Waals surface area contributed by atoms with Crippen LogP contribution < -0.4 is 29.6 Å². The van der Waals surface area contributed by atoms with Gasteiger partial charge in [-0.25, -0.2) is 27.8 Å². The molecule has 7 rings (SSSR count). The number of hydrogen-bond donors (Lipinski definition) is 2. The highest BCUT2D eigenvalue weighted by molar-refractivity contribution is 7.91. The van der Waals surface area contributed by atoms with Crippen molar-refractivity contribution in [1.29, 1.82) is 0 Å². The molecule has 290 valence electrons. The second kappa shape index (κ2) is 16.7. The van der Waals surface area contributed by atoms with E-state index < -0.39 is 21.6 Å². The van der Waals surface area contributed by atoms with Crippen LogP contribution in [0.15, 0.2) is 121 Å². The molecule has 0 unspecified atom stereocenters. The van der Waals surface area contributed by atoms with Gasteiger partial charge in [0.05, 0.1) is 55.1 Å². The number of halogens is 1. The molecular formula is C41H36FN7O7S. The molecule has 14 nitrogen and oxygen atoms in total. The van der Waals surface area contributed by atoms with Gasteiger partial charge in [0, 0.05) is 42.9 Å². The average Bonchev–Trinajstić information content (AvgIpc) is 3.63. The van der Waals surface area contributed by atoms with Crippen LogP contribution in [0.4, 0.5) is 15.9 Å². The quantitative estimate of drug-likeness (QED) is 0.107. The Hall–Kier alpha value is -7.07. The van der Waals surface area contributed by atoms with E-state index >= 15 is 4.39 Å². The van der Waals surface area contributed by atoms with E-state index in [0.29, 0.717) is 46.4 Å². The van der Waals surface area contributed by atoms with Crippen molar-refractivity contribution in [2.45, 2.75) is 17.9 Å². The van der Waals surface area contributed by atoms with Gasteiger partial charge in [-0.2, -0.15) is 4.98 Å². The highest BCUT2D eigenvalue weighted by atomic mass is 32.2. The maximum absolute atomic E-state index is 16.0. The van der Waals surface area contributed by atoms with Gasteiger partial charge >= 0.3 is 0 Å². The van der Waals surface area contributed by atoms with E-state index in [1.165, 1.54) is 51.0 Å². The lowest BCUT2D eigenvalue weighted by molar-refractivity contribution is -0.115. The van der Waals surface area contributed by atoms with Gasteiger partial charge in [0.25, 0.3) is 0 Å². The number of fused-ring (bicyclic) bond motifs is 1. The van der Waals surface area contributed by atoms with Gasteiger partial charge in [0.2, 0.25) is 17.7 Å². The number of anilines is 2. The van der Waals surface area contributed by atoms with Crippen LogP contribution in [0.5, 0.6) is 29.0 Å². The van der Waals surface area contributed by atoms with Crippen LogP contribution in [-0.2, 0) is 21.2 Å². The zero-order valence-electron chi connectivity index (χ0n) is 31.0. The fourth-order valence-corrected chi connectivity index (χ4v) is 7.24. The highest BCUT2D eigenvalue weighted by Gasteiger charge is 2.23. The minimum Gasteiger partial charge on any atom is -0.497 e. The van der Waals surface area contributed by atoms with Gasteiger partial charge in [-0.05, 0) is 48.0 Å². The van der Waals surface area contributed by atoms with Crippen LogP contribution in [0, 0.1) is 5.82 Å². The molecule has 3 aromatic carbocycles. The van der Waals surface area contributed by atoms with E-state index in [4.69, 9.17) is 18.9 Å². The zero-order chi connectivity index (χ0) is 39.9. The number of hydrogen-bond acceptors (Lipinski definition) is 12. The zero-order valence-corrected chi connectivity index (χ0v) is 31.8.